The molecule has 0 aromatic carbocycles. The summed E-state index contributed by atoms with van der Waals surface area (Å²) in [5, 5.41) is 4.38. The van der Waals surface area contributed by atoms with Crippen LogP contribution >= 0.6 is 0 Å². The van der Waals surface area contributed by atoms with Crippen LogP contribution in [0.4, 0.5) is 0 Å². The Kier molecular flexibility index (Phi) is 3.62. The van der Waals surface area contributed by atoms with Gasteiger partial charge in [-0.1, -0.05) is 19.3 Å². The molecule has 1 aliphatic carbocycles. The van der Waals surface area contributed by atoms with Gasteiger partial charge in [0.1, 0.15) is 0 Å². The highest BCUT2D eigenvalue weighted by Gasteiger charge is 2.18. The second-order valence-corrected chi connectivity index (χ2v) is 4.48. The summed E-state index contributed by atoms with van der Waals surface area (Å²) in [6.45, 7) is 5.95. The summed E-state index contributed by atoms with van der Waals surface area (Å²) in [5.74, 6) is 1.01. The molecule has 0 bridgehead atoms. The molecule has 0 unspecified atom stereocenters. The van der Waals surface area contributed by atoms with E-state index in [0.29, 0.717) is 0 Å². The molecule has 0 aromatic rings. The third kappa shape index (κ3) is 2.96. The van der Waals surface area contributed by atoms with Crippen molar-refractivity contribution in [2.45, 2.75) is 32.1 Å². The van der Waals surface area contributed by atoms with Crippen molar-refractivity contribution >= 4 is 0 Å². The van der Waals surface area contributed by atoms with E-state index in [9.17, 15) is 0 Å². The van der Waals surface area contributed by atoms with Crippen molar-refractivity contribution in [2.75, 3.05) is 32.7 Å². The van der Waals surface area contributed by atoms with Crippen LogP contribution in [0.2, 0.25) is 0 Å². The van der Waals surface area contributed by atoms with Gasteiger partial charge in [0.15, 0.2) is 0 Å². The Balaban J connectivity index is 1.69. The summed E-state index contributed by atoms with van der Waals surface area (Å²) in [6, 6.07) is 0. The number of nitrogens with zero attached hydrogens (tertiary/aromatic N) is 2. The monoisotopic (exact) mass is 181 g/mol. The van der Waals surface area contributed by atoms with Gasteiger partial charge >= 0.3 is 0 Å². The van der Waals surface area contributed by atoms with Crippen LogP contribution in [0.5, 0.6) is 0 Å². The molecule has 2 heteroatoms. The summed E-state index contributed by atoms with van der Waals surface area (Å²) in [6.07, 6.45) is 7.39. The average Bonchev–Trinajstić information content (AvgIpc) is 2.21. The van der Waals surface area contributed by atoms with Crippen LogP contribution in [-0.4, -0.2) is 37.6 Å². The molecule has 1 heterocycles. The van der Waals surface area contributed by atoms with Gasteiger partial charge in [0.25, 0.3) is 0 Å². The molecule has 0 spiro atoms. The predicted molar refractivity (Wildman–Crippen MR) is 54.9 cm³/mol. The Morgan fingerprint density at radius 3 is 2.38 bits per heavy atom. The third-order valence-corrected chi connectivity index (χ3v) is 3.39. The molecule has 1 aliphatic heterocycles. The molecule has 2 fully saturated rings. The van der Waals surface area contributed by atoms with Crippen molar-refractivity contribution in [2.24, 2.45) is 5.92 Å². The number of rotatable bonds is 2. The molecule has 2 nitrogen and oxygen atoms in total. The van der Waals surface area contributed by atoms with E-state index in [1.165, 1.54) is 51.7 Å². The van der Waals surface area contributed by atoms with Crippen LogP contribution in [-0.2, 0) is 0 Å². The first-order valence-electron chi connectivity index (χ1n) is 5.81. The molecule has 0 N–H and O–H groups in total. The summed E-state index contributed by atoms with van der Waals surface area (Å²) >= 11 is 0. The average molecular weight is 181 g/mol. The van der Waals surface area contributed by atoms with E-state index in [2.05, 4.69) is 10.2 Å². The zero-order chi connectivity index (χ0) is 8.93. The standard InChI is InChI=1S/C11H21N2/c1-2-4-11(5-3-1)10-13-8-6-12-7-9-13/h11H,1-10H2. The highest BCUT2D eigenvalue weighted by Crippen LogP contribution is 2.24. The van der Waals surface area contributed by atoms with Crippen molar-refractivity contribution in [1.29, 1.82) is 0 Å². The van der Waals surface area contributed by atoms with Crippen molar-refractivity contribution in [3.63, 3.8) is 0 Å². The van der Waals surface area contributed by atoms with Crippen LogP contribution in [0, 0.1) is 5.92 Å². The van der Waals surface area contributed by atoms with Crippen LogP contribution < -0.4 is 5.32 Å². The molecule has 1 radical (unpaired) electrons. The van der Waals surface area contributed by atoms with E-state index in [4.69, 9.17) is 0 Å². The number of hydrogen-bond acceptors (Lipinski definition) is 1. The molecule has 2 aliphatic rings. The van der Waals surface area contributed by atoms with Gasteiger partial charge in [-0.25, -0.2) is 5.32 Å². The summed E-state index contributed by atoms with van der Waals surface area (Å²) in [7, 11) is 0. The molecular formula is C11H21N2. The zero-order valence-corrected chi connectivity index (χ0v) is 8.54. The quantitative estimate of drug-likeness (QED) is 0.631. The van der Waals surface area contributed by atoms with E-state index < -0.39 is 0 Å². The van der Waals surface area contributed by atoms with Crippen LogP contribution in [0.15, 0.2) is 0 Å². The van der Waals surface area contributed by atoms with E-state index in [1.54, 1.807) is 0 Å². The van der Waals surface area contributed by atoms with Gasteiger partial charge in [-0.3, -0.25) is 0 Å². The molecule has 1 saturated carbocycles. The summed E-state index contributed by atoms with van der Waals surface area (Å²) < 4.78 is 0. The minimum atomic E-state index is 1.01. The maximum absolute atomic E-state index is 4.38. The van der Waals surface area contributed by atoms with Crippen molar-refractivity contribution < 1.29 is 0 Å². The fraction of sp³-hybridized carbons (Fsp3) is 1.00. The van der Waals surface area contributed by atoms with E-state index in [0.717, 1.165) is 19.0 Å². The Labute approximate surface area is 81.7 Å². The van der Waals surface area contributed by atoms with Gasteiger partial charge in [-0.2, -0.15) is 0 Å². The van der Waals surface area contributed by atoms with Gasteiger partial charge < -0.3 is 4.90 Å². The molecule has 13 heavy (non-hydrogen) atoms. The van der Waals surface area contributed by atoms with Crippen LogP contribution in [0.3, 0.4) is 0 Å². The Bertz CT molecular complexity index is 119. The molecule has 1 saturated heterocycles. The Morgan fingerprint density at radius 2 is 1.69 bits per heavy atom. The van der Waals surface area contributed by atoms with Crippen LogP contribution in [0.25, 0.3) is 0 Å². The molecule has 0 amide bonds. The number of hydrogen-bond donors (Lipinski definition) is 0. The minimum absolute atomic E-state index is 1.01. The fourth-order valence-corrected chi connectivity index (χ4v) is 2.57. The van der Waals surface area contributed by atoms with Gasteiger partial charge in [0.2, 0.25) is 0 Å². The first-order valence-corrected chi connectivity index (χ1v) is 5.81. The maximum Gasteiger partial charge on any atom is 0.0261 e. The van der Waals surface area contributed by atoms with Gasteiger partial charge in [-0.05, 0) is 18.8 Å². The molecule has 0 atom stereocenters. The largest absolute Gasteiger partial charge is 0.300 e. The minimum Gasteiger partial charge on any atom is -0.300 e. The lowest BCUT2D eigenvalue weighted by atomic mass is 9.89. The van der Waals surface area contributed by atoms with Crippen molar-refractivity contribution in [3.8, 4) is 0 Å². The fourth-order valence-electron chi connectivity index (χ4n) is 2.57. The summed E-state index contributed by atoms with van der Waals surface area (Å²) in [5.41, 5.74) is 0. The van der Waals surface area contributed by atoms with Gasteiger partial charge in [0.05, 0.1) is 0 Å². The van der Waals surface area contributed by atoms with Crippen molar-refractivity contribution in [3.05, 3.63) is 0 Å². The lowest BCUT2D eigenvalue weighted by molar-refractivity contribution is 0.181. The van der Waals surface area contributed by atoms with E-state index in [-0.39, 0.29) is 0 Å². The Morgan fingerprint density at radius 1 is 1.00 bits per heavy atom. The maximum atomic E-state index is 4.38. The third-order valence-electron chi connectivity index (χ3n) is 3.39. The molecular weight excluding hydrogens is 160 g/mol. The molecule has 0 aromatic heterocycles. The topological polar surface area (TPSA) is 17.3 Å². The normalized spacial score (nSPS) is 27.7. The molecule has 2 rings (SSSR count). The second-order valence-electron chi connectivity index (χ2n) is 4.48. The first kappa shape index (κ1) is 9.47. The highest BCUT2D eigenvalue weighted by molar-refractivity contribution is 4.73. The Hall–Kier alpha value is -0.0800. The van der Waals surface area contributed by atoms with Crippen molar-refractivity contribution in [1.82, 2.24) is 10.2 Å². The van der Waals surface area contributed by atoms with Gasteiger partial charge in [-0.15, -0.1) is 0 Å². The van der Waals surface area contributed by atoms with Gasteiger partial charge in [0, 0.05) is 32.7 Å². The second kappa shape index (κ2) is 4.97. The lowest BCUT2D eigenvalue weighted by Gasteiger charge is -2.31. The predicted octanol–water partition coefficient (Wildman–Crippen LogP) is 1.49. The van der Waals surface area contributed by atoms with E-state index in [1.807, 2.05) is 0 Å². The highest BCUT2D eigenvalue weighted by atomic mass is 15.2. The number of piperazine rings is 1. The zero-order valence-electron chi connectivity index (χ0n) is 8.54. The first-order chi connectivity index (χ1) is 6.45. The van der Waals surface area contributed by atoms with E-state index >= 15 is 0 Å². The molecule has 75 valence electrons. The van der Waals surface area contributed by atoms with Crippen LogP contribution in [0.1, 0.15) is 32.1 Å². The lowest BCUT2D eigenvalue weighted by Crippen LogP contribution is -2.42. The summed E-state index contributed by atoms with van der Waals surface area (Å²) in [4.78, 5) is 2.61. The SMILES string of the molecule is C1CCC(CN2CC[N]CC2)CC1. The smallest absolute Gasteiger partial charge is 0.0261 e.